The van der Waals surface area contributed by atoms with Crippen LogP contribution in [-0.2, 0) is 0 Å². The fraction of sp³-hybridized carbons (Fsp3) is 0.231. The summed E-state index contributed by atoms with van der Waals surface area (Å²) >= 11 is 5.72. The molecular formula is C13H13ClN2O. The molecule has 0 saturated carbocycles. The standard InChI is InChI=1S/C13H13ClN2O/c1-2-9-17-12-6-4-3-5-10(12)11-7-8-13(14)16-15-11/h3-8H,2,9H2,1H3. The first kappa shape index (κ1) is 11.9. The summed E-state index contributed by atoms with van der Waals surface area (Å²) in [5, 5.41) is 8.28. The van der Waals surface area contributed by atoms with Gasteiger partial charge in [-0.3, -0.25) is 0 Å². The van der Waals surface area contributed by atoms with Gasteiger partial charge in [0.15, 0.2) is 5.15 Å². The molecule has 2 rings (SSSR count). The van der Waals surface area contributed by atoms with Crippen LogP contribution in [-0.4, -0.2) is 16.8 Å². The molecule has 0 saturated heterocycles. The summed E-state index contributed by atoms with van der Waals surface area (Å²) in [7, 11) is 0. The van der Waals surface area contributed by atoms with E-state index in [0.717, 1.165) is 23.4 Å². The van der Waals surface area contributed by atoms with Crippen molar-refractivity contribution in [2.45, 2.75) is 13.3 Å². The summed E-state index contributed by atoms with van der Waals surface area (Å²) in [5.41, 5.74) is 1.70. The van der Waals surface area contributed by atoms with Gasteiger partial charge in [-0.2, -0.15) is 0 Å². The third kappa shape index (κ3) is 2.94. The molecule has 1 heterocycles. The Kier molecular flexibility index (Phi) is 3.94. The molecule has 0 aliphatic rings. The third-order valence-corrected chi connectivity index (χ3v) is 2.46. The van der Waals surface area contributed by atoms with Crippen molar-refractivity contribution < 1.29 is 4.74 Å². The van der Waals surface area contributed by atoms with Gasteiger partial charge in [0.1, 0.15) is 5.75 Å². The van der Waals surface area contributed by atoms with Gasteiger partial charge in [0.25, 0.3) is 0 Å². The Morgan fingerprint density at radius 2 is 1.94 bits per heavy atom. The SMILES string of the molecule is CCCOc1ccccc1-c1ccc(Cl)nn1. The van der Waals surface area contributed by atoms with Crippen LogP contribution in [0.25, 0.3) is 11.3 Å². The molecule has 1 aromatic carbocycles. The minimum atomic E-state index is 0.390. The fourth-order valence-corrected chi connectivity index (χ4v) is 1.58. The number of nitrogens with zero attached hydrogens (tertiary/aromatic N) is 2. The van der Waals surface area contributed by atoms with E-state index in [1.54, 1.807) is 6.07 Å². The lowest BCUT2D eigenvalue weighted by atomic mass is 10.1. The number of ether oxygens (including phenoxy) is 1. The summed E-state index contributed by atoms with van der Waals surface area (Å²) in [6, 6.07) is 11.3. The van der Waals surface area contributed by atoms with Crippen LogP contribution in [0.5, 0.6) is 5.75 Å². The zero-order valence-electron chi connectivity index (χ0n) is 9.56. The Hall–Kier alpha value is -1.61. The molecule has 88 valence electrons. The molecule has 0 unspecified atom stereocenters. The van der Waals surface area contributed by atoms with Crippen LogP contribution in [0.1, 0.15) is 13.3 Å². The Balaban J connectivity index is 2.33. The lowest BCUT2D eigenvalue weighted by molar-refractivity contribution is 0.318. The van der Waals surface area contributed by atoms with E-state index in [1.165, 1.54) is 0 Å². The predicted octanol–water partition coefficient (Wildman–Crippen LogP) is 3.59. The summed E-state index contributed by atoms with van der Waals surface area (Å²) in [5.74, 6) is 0.825. The van der Waals surface area contributed by atoms with E-state index in [0.29, 0.717) is 11.8 Å². The van der Waals surface area contributed by atoms with Crippen LogP contribution in [0.2, 0.25) is 5.15 Å². The molecule has 0 spiro atoms. The molecule has 17 heavy (non-hydrogen) atoms. The van der Waals surface area contributed by atoms with Crippen molar-refractivity contribution in [2.75, 3.05) is 6.61 Å². The Morgan fingerprint density at radius 1 is 1.12 bits per heavy atom. The van der Waals surface area contributed by atoms with Crippen molar-refractivity contribution in [3.8, 4) is 17.0 Å². The molecule has 0 aliphatic heterocycles. The maximum Gasteiger partial charge on any atom is 0.151 e. The van der Waals surface area contributed by atoms with Gasteiger partial charge >= 0.3 is 0 Å². The van der Waals surface area contributed by atoms with E-state index >= 15 is 0 Å². The topological polar surface area (TPSA) is 35.0 Å². The van der Waals surface area contributed by atoms with Crippen molar-refractivity contribution in [1.29, 1.82) is 0 Å². The second-order valence-electron chi connectivity index (χ2n) is 3.59. The number of aromatic nitrogens is 2. The largest absolute Gasteiger partial charge is 0.493 e. The Bertz CT molecular complexity index is 485. The molecule has 3 nitrogen and oxygen atoms in total. The summed E-state index contributed by atoms with van der Waals surface area (Å²) in [6.45, 7) is 2.77. The second kappa shape index (κ2) is 5.64. The summed E-state index contributed by atoms with van der Waals surface area (Å²) in [6.07, 6.45) is 0.973. The maximum absolute atomic E-state index is 5.72. The smallest absolute Gasteiger partial charge is 0.151 e. The van der Waals surface area contributed by atoms with Crippen molar-refractivity contribution in [2.24, 2.45) is 0 Å². The van der Waals surface area contributed by atoms with Crippen LogP contribution in [0.15, 0.2) is 36.4 Å². The minimum absolute atomic E-state index is 0.390. The Morgan fingerprint density at radius 3 is 2.65 bits per heavy atom. The van der Waals surface area contributed by atoms with Crippen LogP contribution < -0.4 is 4.74 Å². The van der Waals surface area contributed by atoms with Gasteiger partial charge in [0.05, 0.1) is 12.3 Å². The number of rotatable bonds is 4. The third-order valence-electron chi connectivity index (χ3n) is 2.26. The van der Waals surface area contributed by atoms with Gasteiger partial charge in [-0.15, -0.1) is 10.2 Å². The fourth-order valence-electron chi connectivity index (χ4n) is 1.48. The molecule has 0 N–H and O–H groups in total. The highest BCUT2D eigenvalue weighted by Crippen LogP contribution is 2.28. The lowest BCUT2D eigenvalue weighted by Crippen LogP contribution is -1.97. The molecule has 0 fully saturated rings. The number of hydrogen-bond acceptors (Lipinski definition) is 3. The summed E-state index contributed by atoms with van der Waals surface area (Å²) in [4.78, 5) is 0. The van der Waals surface area contributed by atoms with Gasteiger partial charge < -0.3 is 4.74 Å². The van der Waals surface area contributed by atoms with Gasteiger partial charge in [-0.25, -0.2) is 0 Å². The van der Waals surface area contributed by atoms with Crippen molar-refractivity contribution >= 4 is 11.6 Å². The number of para-hydroxylation sites is 1. The molecule has 0 atom stereocenters. The number of hydrogen-bond donors (Lipinski definition) is 0. The zero-order valence-corrected chi connectivity index (χ0v) is 10.3. The van der Waals surface area contributed by atoms with E-state index < -0.39 is 0 Å². The van der Waals surface area contributed by atoms with E-state index in [9.17, 15) is 0 Å². The quantitative estimate of drug-likeness (QED) is 0.830. The lowest BCUT2D eigenvalue weighted by Gasteiger charge is -2.09. The highest BCUT2D eigenvalue weighted by Gasteiger charge is 2.07. The van der Waals surface area contributed by atoms with Gasteiger partial charge in [0.2, 0.25) is 0 Å². The zero-order chi connectivity index (χ0) is 12.1. The average molecular weight is 249 g/mol. The molecule has 0 amide bonds. The van der Waals surface area contributed by atoms with Crippen molar-refractivity contribution in [3.05, 3.63) is 41.6 Å². The first-order valence-electron chi connectivity index (χ1n) is 5.52. The van der Waals surface area contributed by atoms with E-state index in [4.69, 9.17) is 16.3 Å². The minimum Gasteiger partial charge on any atom is -0.493 e. The monoisotopic (exact) mass is 248 g/mol. The molecule has 2 aromatic rings. The highest BCUT2D eigenvalue weighted by atomic mass is 35.5. The molecule has 4 heteroatoms. The first-order valence-corrected chi connectivity index (χ1v) is 5.90. The molecular weight excluding hydrogens is 236 g/mol. The predicted molar refractivity (Wildman–Crippen MR) is 68.3 cm³/mol. The number of halogens is 1. The van der Waals surface area contributed by atoms with Crippen LogP contribution in [0, 0.1) is 0 Å². The average Bonchev–Trinajstić information content (AvgIpc) is 2.38. The van der Waals surface area contributed by atoms with Crippen molar-refractivity contribution in [1.82, 2.24) is 10.2 Å². The second-order valence-corrected chi connectivity index (χ2v) is 3.97. The Labute approximate surface area is 105 Å². The molecule has 1 aromatic heterocycles. The van der Waals surface area contributed by atoms with Gasteiger partial charge in [-0.05, 0) is 30.7 Å². The van der Waals surface area contributed by atoms with Gasteiger partial charge in [-0.1, -0.05) is 30.7 Å². The van der Waals surface area contributed by atoms with E-state index in [2.05, 4.69) is 17.1 Å². The summed E-state index contributed by atoms with van der Waals surface area (Å²) < 4.78 is 5.67. The van der Waals surface area contributed by atoms with E-state index in [-0.39, 0.29) is 0 Å². The first-order chi connectivity index (χ1) is 8.31. The molecule has 0 bridgehead atoms. The number of benzene rings is 1. The van der Waals surface area contributed by atoms with Crippen LogP contribution in [0.4, 0.5) is 0 Å². The molecule has 0 aliphatic carbocycles. The van der Waals surface area contributed by atoms with Gasteiger partial charge in [0, 0.05) is 5.56 Å². The van der Waals surface area contributed by atoms with Crippen molar-refractivity contribution in [3.63, 3.8) is 0 Å². The highest BCUT2D eigenvalue weighted by molar-refractivity contribution is 6.29. The van der Waals surface area contributed by atoms with Crippen LogP contribution in [0.3, 0.4) is 0 Å². The van der Waals surface area contributed by atoms with Crippen LogP contribution >= 0.6 is 11.6 Å². The molecule has 0 radical (unpaired) electrons. The van der Waals surface area contributed by atoms with E-state index in [1.807, 2.05) is 30.3 Å². The maximum atomic E-state index is 5.72. The normalized spacial score (nSPS) is 10.2.